The van der Waals surface area contributed by atoms with Gasteiger partial charge in [-0.05, 0) is 195 Å². The number of aryl methyl sites for hydroxylation is 6. The summed E-state index contributed by atoms with van der Waals surface area (Å²) in [4.78, 5) is 2.16. The Hall–Kier alpha value is -7.10. The van der Waals surface area contributed by atoms with Crippen molar-refractivity contribution >= 4 is 59.5 Å². The number of hydrogen-bond donors (Lipinski definition) is 0. The Morgan fingerprint density at radius 1 is 0.405 bits per heavy atom. The summed E-state index contributed by atoms with van der Waals surface area (Å²) in [7, 11) is 5.88. The molecule has 0 saturated heterocycles. The molecule has 3 heteroatoms. The van der Waals surface area contributed by atoms with E-state index in [1.165, 1.54) is 151 Å². The van der Waals surface area contributed by atoms with Gasteiger partial charge in [0.1, 0.15) is 11.5 Å². The lowest BCUT2D eigenvalue weighted by Gasteiger charge is -2.35. The second-order valence-electron chi connectivity index (χ2n) is 24.2. The van der Waals surface area contributed by atoms with Crippen LogP contribution in [0, 0.1) is 47.0 Å². The van der Waals surface area contributed by atoms with Crippen molar-refractivity contribution in [3.63, 3.8) is 0 Å². The number of nitrogens with zero attached hydrogens (tertiary/aromatic N) is 1. The number of rotatable bonds is 6. The molecule has 10 aromatic carbocycles. The SMILES string of the molecule is COc1cc(C)cc2ccccc12.Cc1cc(C2CCC(C)(C)CC2)c2ccccc2c1.Cc1cc(N(C)C)c2ccccc2c1.Cc1cc(OC(C)C)c2ccccc2c1.Cc1ccc2c(C3CCCCC3)cc(C)cc2c1. The second-order valence-corrected chi connectivity index (χ2v) is 24.2. The maximum atomic E-state index is 5.81. The van der Waals surface area contributed by atoms with Gasteiger partial charge < -0.3 is 14.4 Å². The van der Waals surface area contributed by atoms with Crippen LogP contribution in [0.15, 0.2) is 176 Å². The third-order valence-corrected chi connectivity index (χ3v) is 16.1. The fraction of sp³-hybridized carbons (Fsp3) is 0.342. The zero-order valence-electron chi connectivity index (χ0n) is 50.1. The van der Waals surface area contributed by atoms with Crippen LogP contribution in [0.25, 0.3) is 53.9 Å². The minimum Gasteiger partial charge on any atom is -0.496 e. The molecular weight excluding hydrogens is 959 g/mol. The average molecular weight is 1050 g/mol. The van der Waals surface area contributed by atoms with Gasteiger partial charge in [0.25, 0.3) is 0 Å². The van der Waals surface area contributed by atoms with Gasteiger partial charge in [-0.15, -0.1) is 0 Å². The number of hydrogen-bond acceptors (Lipinski definition) is 3. The van der Waals surface area contributed by atoms with E-state index < -0.39 is 0 Å². The van der Waals surface area contributed by atoms with Crippen molar-refractivity contribution in [1.29, 1.82) is 0 Å². The Bertz CT molecular complexity index is 3620. The first-order valence-electron chi connectivity index (χ1n) is 29.3. The van der Waals surface area contributed by atoms with Crippen LogP contribution >= 0.6 is 0 Å². The molecule has 0 unspecified atom stereocenters. The van der Waals surface area contributed by atoms with Crippen molar-refractivity contribution < 1.29 is 9.47 Å². The van der Waals surface area contributed by atoms with Crippen LogP contribution in [0.2, 0.25) is 0 Å². The minimum absolute atomic E-state index is 0.218. The smallest absolute Gasteiger partial charge is 0.127 e. The van der Waals surface area contributed by atoms with Gasteiger partial charge in [-0.3, -0.25) is 0 Å². The molecule has 0 atom stereocenters. The van der Waals surface area contributed by atoms with Crippen molar-refractivity contribution in [1.82, 2.24) is 0 Å². The Labute approximate surface area is 475 Å². The Kier molecular flexibility index (Phi) is 19.6. The van der Waals surface area contributed by atoms with Gasteiger partial charge in [-0.1, -0.05) is 208 Å². The van der Waals surface area contributed by atoms with Gasteiger partial charge >= 0.3 is 0 Å². The molecule has 0 amide bonds. The Balaban J connectivity index is 0.000000131. The normalized spacial score (nSPS) is 14.3. The van der Waals surface area contributed by atoms with Crippen molar-refractivity contribution in [2.24, 2.45) is 5.41 Å². The van der Waals surface area contributed by atoms with Crippen LogP contribution in [0.5, 0.6) is 11.5 Å². The standard InChI is InChI=1S/C19H24.C18H22.C14H16O.C13H15N.C12H12O/c1-14-12-16-6-4-5-7-17(16)18(13-14)15-8-10-19(2,3)11-9-15;1-13-8-9-17-16(10-13)11-14(2)12-18(17)15-6-4-3-5-7-15;1-10(2)15-14-9-11(3)8-12-6-4-5-7-13(12)14;1-10-8-11-6-4-5-7-12(11)13(9-10)14(2)3;1-9-7-10-5-3-4-6-11(10)12(8-9)13-2/h4-7,12-13,15H,8-11H2,1-3H3;8-12,15H,3-7H2,1-2H3;4-10H,1-3H3;4-9H,1-3H3;3-8H,1-2H3. The van der Waals surface area contributed by atoms with E-state index >= 15 is 0 Å². The van der Waals surface area contributed by atoms with Crippen LogP contribution in [0.1, 0.15) is 142 Å². The number of fused-ring (bicyclic) bond motifs is 5. The first-order valence-corrected chi connectivity index (χ1v) is 29.3. The van der Waals surface area contributed by atoms with E-state index in [1.54, 1.807) is 18.2 Å². The summed E-state index contributed by atoms with van der Waals surface area (Å²) in [6, 6.07) is 63.3. The van der Waals surface area contributed by atoms with Crippen LogP contribution < -0.4 is 14.4 Å². The molecule has 0 aromatic heterocycles. The maximum Gasteiger partial charge on any atom is 0.127 e. The lowest BCUT2D eigenvalue weighted by atomic mass is 9.70. The quantitative estimate of drug-likeness (QED) is 0.166. The molecule has 0 radical (unpaired) electrons. The predicted molar refractivity (Wildman–Crippen MR) is 346 cm³/mol. The third-order valence-electron chi connectivity index (χ3n) is 16.1. The van der Waals surface area contributed by atoms with E-state index in [9.17, 15) is 0 Å². The van der Waals surface area contributed by atoms with Gasteiger partial charge in [-0.2, -0.15) is 0 Å². The number of methoxy groups -OCH3 is 1. The number of anilines is 1. The third kappa shape index (κ3) is 15.4. The van der Waals surface area contributed by atoms with Gasteiger partial charge in [-0.25, -0.2) is 0 Å². The van der Waals surface area contributed by atoms with E-state index in [1.807, 2.05) is 18.2 Å². The molecule has 2 fully saturated rings. The predicted octanol–water partition coefficient (Wildman–Crippen LogP) is 21.6. The molecule has 12 rings (SSSR count). The van der Waals surface area contributed by atoms with E-state index in [2.05, 4.69) is 246 Å². The lowest BCUT2D eigenvalue weighted by Crippen LogP contribution is -2.20. The molecule has 0 aliphatic heterocycles. The van der Waals surface area contributed by atoms with E-state index in [4.69, 9.17) is 9.47 Å². The highest BCUT2D eigenvalue weighted by Gasteiger charge is 2.28. The minimum atomic E-state index is 0.218. The highest BCUT2D eigenvalue weighted by Crippen LogP contribution is 2.44. The average Bonchev–Trinajstić information content (AvgIpc) is 3.45. The van der Waals surface area contributed by atoms with Crippen molar-refractivity contribution in [2.45, 2.75) is 145 Å². The summed E-state index contributed by atoms with van der Waals surface area (Å²) in [6.07, 6.45) is 12.6. The first kappa shape index (κ1) is 58.1. The molecule has 0 bridgehead atoms. The van der Waals surface area contributed by atoms with Crippen molar-refractivity contribution in [2.75, 3.05) is 26.1 Å². The zero-order chi connectivity index (χ0) is 56.2. The summed E-state index contributed by atoms with van der Waals surface area (Å²) in [5.41, 5.74) is 13.0. The van der Waals surface area contributed by atoms with Crippen LogP contribution in [-0.4, -0.2) is 27.3 Å². The maximum absolute atomic E-state index is 5.81. The Morgan fingerprint density at radius 2 is 0.797 bits per heavy atom. The molecule has 79 heavy (non-hydrogen) atoms. The molecular formula is C76H89NO2. The Morgan fingerprint density at radius 3 is 1.32 bits per heavy atom. The molecule has 410 valence electrons. The lowest BCUT2D eigenvalue weighted by molar-refractivity contribution is 0.225. The fourth-order valence-corrected chi connectivity index (χ4v) is 12.1. The molecule has 2 saturated carbocycles. The summed E-state index contributed by atoms with van der Waals surface area (Å²) >= 11 is 0. The van der Waals surface area contributed by atoms with Crippen molar-refractivity contribution in [3.8, 4) is 11.5 Å². The molecule has 2 aliphatic carbocycles. The topological polar surface area (TPSA) is 21.7 Å². The molecule has 0 N–H and O–H groups in total. The summed E-state index contributed by atoms with van der Waals surface area (Å²) in [6.45, 7) is 21.9. The zero-order valence-corrected chi connectivity index (χ0v) is 50.1. The van der Waals surface area contributed by atoms with Crippen LogP contribution in [0.3, 0.4) is 0 Å². The highest BCUT2D eigenvalue weighted by molar-refractivity contribution is 5.95. The van der Waals surface area contributed by atoms with Crippen LogP contribution in [0.4, 0.5) is 5.69 Å². The van der Waals surface area contributed by atoms with E-state index in [0.717, 1.165) is 23.3 Å². The van der Waals surface area contributed by atoms with E-state index in [-0.39, 0.29) is 6.10 Å². The second kappa shape index (κ2) is 26.7. The largest absolute Gasteiger partial charge is 0.496 e. The van der Waals surface area contributed by atoms with Gasteiger partial charge in [0.05, 0.1) is 13.2 Å². The highest BCUT2D eigenvalue weighted by atomic mass is 16.5. The number of ether oxygens (including phenoxy) is 2. The molecule has 3 nitrogen and oxygen atoms in total. The summed E-state index contributed by atoms with van der Waals surface area (Å²) in [5, 5.41) is 13.3. The summed E-state index contributed by atoms with van der Waals surface area (Å²) < 4.78 is 11.1. The van der Waals surface area contributed by atoms with E-state index in [0.29, 0.717) is 5.41 Å². The molecule has 0 heterocycles. The van der Waals surface area contributed by atoms with Crippen LogP contribution in [-0.2, 0) is 0 Å². The van der Waals surface area contributed by atoms with Gasteiger partial charge in [0.2, 0.25) is 0 Å². The molecule has 2 aliphatic rings. The van der Waals surface area contributed by atoms with Gasteiger partial charge in [0, 0.05) is 35.9 Å². The molecule has 0 spiro atoms. The number of benzene rings is 10. The first-order chi connectivity index (χ1) is 37.9. The molecule has 10 aromatic rings. The van der Waals surface area contributed by atoms with Gasteiger partial charge in [0.15, 0.2) is 0 Å². The summed E-state index contributed by atoms with van der Waals surface area (Å²) in [5.74, 6) is 3.50. The van der Waals surface area contributed by atoms with Crippen molar-refractivity contribution in [3.05, 3.63) is 220 Å². The fourth-order valence-electron chi connectivity index (χ4n) is 12.1. The monoisotopic (exact) mass is 1050 g/mol.